The van der Waals surface area contributed by atoms with E-state index in [1.807, 2.05) is 54.6 Å². The van der Waals surface area contributed by atoms with Gasteiger partial charge in [0, 0.05) is 13.0 Å². The molecule has 0 saturated heterocycles. The number of rotatable bonds is 8. The van der Waals surface area contributed by atoms with Crippen molar-refractivity contribution in [3.8, 4) is 5.75 Å². The molecule has 1 amide bonds. The highest BCUT2D eigenvalue weighted by Crippen LogP contribution is 2.59. The fourth-order valence-corrected chi connectivity index (χ4v) is 6.58. The average molecular weight is 418 g/mol. The Balaban J connectivity index is 1.10. The van der Waals surface area contributed by atoms with E-state index in [9.17, 15) is 9.59 Å². The molecule has 0 aliphatic heterocycles. The largest absolute Gasteiger partial charge is 0.489 e. The van der Waals surface area contributed by atoms with Gasteiger partial charge in [0.1, 0.15) is 12.4 Å². The summed E-state index contributed by atoms with van der Waals surface area (Å²) in [7, 11) is 0. The molecule has 0 spiro atoms. The van der Waals surface area contributed by atoms with E-state index in [2.05, 4.69) is 5.32 Å². The van der Waals surface area contributed by atoms with Crippen molar-refractivity contribution < 1.29 is 14.3 Å². The average Bonchev–Trinajstić information content (AvgIpc) is 2.77. The topological polar surface area (TPSA) is 55.4 Å². The second-order valence-corrected chi connectivity index (χ2v) is 10.1. The first-order valence-corrected chi connectivity index (χ1v) is 11.6. The molecule has 4 nitrogen and oxygen atoms in total. The van der Waals surface area contributed by atoms with Gasteiger partial charge < -0.3 is 10.1 Å². The Hall–Kier alpha value is -2.62. The minimum Gasteiger partial charge on any atom is -0.489 e. The lowest BCUT2D eigenvalue weighted by atomic mass is 9.49. The lowest BCUT2D eigenvalue weighted by Crippen LogP contribution is -2.51. The van der Waals surface area contributed by atoms with E-state index in [-0.39, 0.29) is 17.6 Å². The molecule has 2 aromatic carbocycles. The van der Waals surface area contributed by atoms with Gasteiger partial charge in [-0.3, -0.25) is 9.59 Å². The van der Waals surface area contributed by atoms with Crippen LogP contribution in [0, 0.1) is 23.2 Å². The van der Waals surface area contributed by atoms with E-state index in [0.717, 1.165) is 34.6 Å². The molecule has 0 atom stereocenters. The normalized spacial score (nSPS) is 28.3. The van der Waals surface area contributed by atoms with Crippen LogP contribution in [0.2, 0.25) is 0 Å². The van der Waals surface area contributed by atoms with Crippen molar-refractivity contribution in [2.75, 3.05) is 6.54 Å². The summed E-state index contributed by atoms with van der Waals surface area (Å²) in [5, 5.41) is 3.00. The highest BCUT2D eigenvalue weighted by Gasteiger charge is 2.50. The van der Waals surface area contributed by atoms with Crippen molar-refractivity contribution in [3.63, 3.8) is 0 Å². The number of Topliss-reactive ketones (excluding diaryl/α,β-unsaturated/α-hetero) is 1. The number of carbonyl (C=O) groups is 2. The summed E-state index contributed by atoms with van der Waals surface area (Å²) < 4.78 is 5.79. The zero-order chi connectivity index (χ0) is 21.3. The minimum absolute atomic E-state index is 0.131. The number of ketones is 1. The van der Waals surface area contributed by atoms with Gasteiger partial charge in [-0.1, -0.05) is 42.5 Å². The number of ether oxygens (including phenoxy) is 1. The van der Waals surface area contributed by atoms with Crippen LogP contribution >= 0.6 is 0 Å². The second-order valence-electron chi connectivity index (χ2n) is 10.1. The molecule has 162 valence electrons. The predicted molar refractivity (Wildman–Crippen MR) is 120 cm³/mol. The number of amides is 1. The minimum atomic E-state index is -0.430. The van der Waals surface area contributed by atoms with Crippen LogP contribution < -0.4 is 10.1 Å². The Morgan fingerprint density at radius 3 is 2.06 bits per heavy atom. The SMILES string of the molecule is O=C(Cc1ccc(OCc2ccccc2)cc1)C(=O)NCC12CC3CC(CC(C3)C1)C2. The molecular weight excluding hydrogens is 386 g/mol. The Morgan fingerprint density at radius 2 is 1.45 bits per heavy atom. The van der Waals surface area contributed by atoms with Crippen LogP contribution in [0.25, 0.3) is 0 Å². The zero-order valence-electron chi connectivity index (χ0n) is 18.0. The summed E-state index contributed by atoms with van der Waals surface area (Å²) in [5.74, 6) is 2.51. The maximum atomic E-state index is 12.5. The van der Waals surface area contributed by atoms with Crippen LogP contribution in [0.3, 0.4) is 0 Å². The lowest BCUT2D eigenvalue weighted by molar-refractivity contribution is -0.138. The molecule has 0 radical (unpaired) electrons. The second kappa shape index (κ2) is 8.49. The van der Waals surface area contributed by atoms with E-state index >= 15 is 0 Å². The molecule has 4 fully saturated rings. The van der Waals surface area contributed by atoms with Gasteiger partial charge >= 0.3 is 0 Å². The number of benzene rings is 2. The first-order valence-electron chi connectivity index (χ1n) is 11.6. The highest BCUT2D eigenvalue weighted by molar-refractivity contribution is 6.36. The van der Waals surface area contributed by atoms with E-state index in [1.54, 1.807) is 0 Å². The quantitative estimate of drug-likeness (QED) is 0.633. The van der Waals surface area contributed by atoms with E-state index in [0.29, 0.717) is 13.2 Å². The van der Waals surface area contributed by atoms with E-state index < -0.39 is 5.91 Å². The van der Waals surface area contributed by atoms with Crippen LogP contribution in [-0.2, 0) is 22.6 Å². The van der Waals surface area contributed by atoms with Gasteiger partial charge in [-0.15, -0.1) is 0 Å². The highest BCUT2D eigenvalue weighted by atomic mass is 16.5. The fraction of sp³-hybridized carbons (Fsp3) is 0.481. The van der Waals surface area contributed by atoms with Gasteiger partial charge in [0.2, 0.25) is 5.78 Å². The van der Waals surface area contributed by atoms with Crippen molar-refractivity contribution in [3.05, 3.63) is 65.7 Å². The van der Waals surface area contributed by atoms with E-state index in [1.165, 1.54) is 38.5 Å². The Morgan fingerprint density at radius 1 is 0.839 bits per heavy atom. The van der Waals surface area contributed by atoms with Gasteiger partial charge in [0.25, 0.3) is 5.91 Å². The van der Waals surface area contributed by atoms with Crippen LogP contribution in [0.15, 0.2) is 54.6 Å². The molecule has 1 N–H and O–H groups in total. The van der Waals surface area contributed by atoms with Gasteiger partial charge in [0.15, 0.2) is 0 Å². The summed E-state index contributed by atoms with van der Waals surface area (Å²) in [6.07, 6.45) is 7.99. The predicted octanol–water partition coefficient (Wildman–Crippen LogP) is 4.71. The standard InChI is InChI=1S/C27H31NO3/c29-25(13-19-6-8-24(9-7-19)31-17-20-4-2-1-3-5-20)26(30)28-18-27-14-21-10-22(15-27)12-23(11-21)16-27/h1-9,21-23H,10-18H2,(H,28,30). The Bertz CT molecular complexity index is 899. The molecule has 4 bridgehead atoms. The first-order chi connectivity index (χ1) is 15.1. The van der Waals surface area contributed by atoms with Crippen molar-refractivity contribution in [2.24, 2.45) is 23.2 Å². The maximum Gasteiger partial charge on any atom is 0.287 e. The molecule has 4 heteroatoms. The smallest absolute Gasteiger partial charge is 0.287 e. The third kappa shape index (κ3) is 4.68. The molecular formula is C27H31NO3. The first kappa shape index (κ1) is 20.3. The van der Waals surface area contributed by atoms with Crippen molar-refractivity contribution >= 4 is 11.7 Å². The Kier molecular flexibility index (Phi) is 5.56. The molecule has 0 aromatic heterocycles. The van der Waals surface area contributed by atoms with Crippen molar-refractivity contribution in [1.29, 1.82) is 0 Å². The third-order valence-corrected chi connectivity index (χ3v) is 7.58. The van der Waals surface area contributed by atoms with Crippen LogP contribution in [-0.4, -0.2) is 18.2 Å². The molecule has 2 aromatic rings. The molecule has 0 unspecified atom stereocenters. The van der Waals surface area contributed by atoms with Gasteiger partial charge in [-0.25, -0.2) is 0 Å². The molecule has 4 aliphatic carbocycles. The summed E-state index contributed by atoms with van der Waals surface area (Å²) in [5.41, 5.74) is 2.20. The van der Waals surface area contributed by atoms with Gasteiger partial charge in [-0.05, 0) is 85.0 Å². The molecule has 4 aliphatic rings. The van der Waals surface area contributed by atoms with Crippen LogP contribution in [0.5, 0.6) is 5.75 Å². The van der Waals surface area contributed by atoms with Crippen molar-refractivity contribution in [2.45, 2.75) is 51.6 Å². The van der Waals surface area contributed by atoms with Gasteiger partial charge in [-0.2, -0.15) is 0 Å². The van der Waals surface area contributed by atoms with Crippen molar-refractivity contribution in [1.82, 2.24) is 5.32 Å². The van der Waals surface area contributed by atoms with Gasteiger partial charge in [0.05, 0.1) is 0 Å². The number of hydrogen-bond acceptors (Lipinski definition) is 3. The van der Waals surface area contributed by atoms with Crippen LogP contribution in [0.1, 0.15) is 49.7 Å². The summed E-state index contributed by atoms with van der Waals surface area (Å²) in [4.78, 5) is 25.0. The number of carbonyl (C=O) groups excluding carboxylic acids is 2. The summed E-state index contributed by atoms with van der Waals surface area (Å²) in [6.45, 7) is 1.18. The molecule has 31 heavy (non-hydrogen) atoms. The maximum absolute atomic E-state index is 12.5. The molecule has 6 rings (SSSR count). The third-order valence-electron chi connectivity index (χ3n) is 7.58. The summed E-state index contributed by atoms with van der Waals surface area (Å²) >= 11 is 0. The Labute approximate surface area is 184 Å². The van der Waals surface area contributed by atoms with E-state index in [4.69, 9.17) is 4.74 Å². The number of nitrogens with one attached hydrogen (secondary N) is 1. The summed E-state index contributed by atoms with van der Waals surface area (Å²) in [6, 6.07) is 17.5. The fourth-order valence-electron chi connectivity index (χ4n) is 6.58. The zero-order valence-corrected chi connectivity index (χ0v) is 18.0. The van der Waals surface area contributed by atoms with Crippen LogP contribution in [0.4, 0.5) is 0 Å². The monoisotopic (exact) mass is 417 g/mol. The lowest BCUT2D eigenvalue weighted by Gasteiger charge is -2.56. The molecule has 0 heterocycles. The molecule has 4 saturated carbocycles. The number of hydrogen-bond donors (Lipinski definition) is 1.